The quantitative estimate of drug-likeness (QED) is 0.670. The number of nitrogens with zero attached hydrogens (tertiary/aromatic N) is 1. The summed E-state index contributed by atoms with van der Waals surface area (Å²) in [6, 6.07) is 7.89. The lowest BCUT2D eigenvalue weighted by Gasteiger charge is -2.32. The van der Waals surface area contributed by atoms with Crippen molar-refractivity contribution in [2.45, 2.75) is 19.3 Å². The Balaban J connectivity index is 0.00000200. The molecule has 6 heteroatoms. The number of piperidine rings is 1. The highest BCUT2D eigenvalue weighted by Crippen LogP contribution is 2.20. The zero-order valence-corrected chi connectivity index (χ0v) is 14.1. The number of benzene rings is 1. The summed E-state index contributed by atoms with van der Waals surface area (Å²) in [5.41, 5.74) is 0. The summed E-state index contributed by atoms with van der Waals surface area (Å²) in [6.07, 6.45) is -0.202. The van der Waals surface area contributed by atoms with Gasteiger partial charge in [-0.25, -0.2) is 8.78 Å². The van der Waals surface area contributed by atoms with E-state index < -0.39 is 6.43 Å². The van der Waals surface area contributed by atoms with Gasteiger partial charge in [0.2, 0.25) is 0 Å². The van der Waals surface area contributed by atoms with Gasteiger partial charge < -0.3 is 4.74 Å². The molecule has 1 aliphatic heterocycles. The molecule has 0 aliphatic carbocycles. The number of alkyl halides is 2. The lowest BCUT2D eigenvalue weighted by Crippen LogP contribution is -2.40. The molecule has 114 valence electrons. The Hall–Kier alpha value is -0.140. The SMILES string of the molecule is Cl.FC(F)CN1CCCC(COc2cccc(I)c2)C1. The zero-order chi connectivity index (χ0) is 13.7. The molecule has 1 unspecified atom stereocenters. The molecule has 1 heterocycles. The van der Waals surface area contributed by atoms with Crippen molar-refractivity contribution in [3.8, 4) is 5.75 Å². The Morgan fingerprint density at radius 3 is 2.90 bits per heavy atom. The van der Waals surface area contributed by atoms with Crippen molar-refractivity contribution < 1.29 is 13.5 Å². The van der Waals surface area contributed by atoms with Crippen LogP contribution in [0.4, 0.5) is 8.78 Å². The van der Waals surface area contributed by atoms with Crippen LogP contribution in [0, 0.1) is 9.49 Å². The third-order valence-electron chi connectivity index (χ3n) is 3.28. The van der Waals surface area contributed by atoms with Gasteiger partial charge in [0.1, 0.15) is 5.75 Å². The minimum atomic E-state index is -2.24. The molecule has 1 aliphatic rings. The second-order valence-corrected chi connectivity index (χ2v) is 6.17. The van der Waals surface area contributed by atoms with Crippen LogP contribution >= 0.6 is 35.0 Å². The maximum atomic E-state index is 12.4. The van der Waals surface area contributed by atoms with Gasteiger partial charge in [-0.3, -0.25) is 4.90 Å². The van der Waals surface area contributed by atoms with E-state index in [0.717, 1.165) is 28.7 Å². The minimum Gasteiger partial charge on any atom is -0.493 e. The fraction of sp³-hybridized carbons (Fsp3) is 0.571. The topological polar surface area (TPSA) is 12.5 Å². The molecule has 0 saturated carbocycles. The Labute approximate surface area is 138 Å². The van der Waals surface area contributed by atoms with Gasteiger partial charge >= 0.3 is 0 Å². The average Bonchev–Trinajstić information content (AvgIpc) is 2.36. The second kappa shape index (κ2) is 9.00. The number of hydrogen-bond acceptors (Lipinski definition) is 2. The Morgan fingerprint density at radius 1 is 1.40 bits per heavy atom. The fourth-order valence-corrected chi connectivity index (χ4v) is 2.93. The molecule has 1 aromatic carbocycles. The molecule has 2 rings (SSSR count). The molecule has 20 heavy (non-hydrogen) atoms. The summed E-state index contributed by atoms with van der Waals surface area (Å²) < 4.78 is 31.6. The van der Waals surface area contributed by atoms with Crippen LogP contribution < -0.4 is 4.74 Å². The first-order chi connectivity index (χ1) is 9.13. The van der Waals surface area contributed by atoms with Crippen LogP contribution in [0.3, 0.4) is 0 Å². The van der Waals surface area contributed by atoms with Gasteiger partial charge in [-0.15, -0.1) is 12.4 Å². The van der Waals surface area contributed by atoms with Crippen molar-refractivity contribution in [1.29, 1.82) is 0 Å². The Kier molecular flexibility index (Phi) is 8.06. The lowest BCUT2D eigenvalue weighted by atomic mass is 9.99. The monoisotopic (exact) mass is 417 g/mol. The van der Waals surface area contributed by atoms with Crippen molar-refractivity contribution in [1.82, 2.24) is 4.90 Å². The summed E-state index contributed by atoms with van der Waals surface area (Å²) in [7, 11) is 0. The van der Waals surface area contributed by atoms with Crippen molar-refractivity contribution >= 4 is 35.0 Å². The molecule has 0 bridgehead atoms. The average molecular weight is 418 g/mol. The predicted octanol–water partition coefficient (Wildman–Crippen LogP) is 4.07. The highest BCUT2D eigenvalue weighted by Gasteiger charge is 2.22. The van der Waals surface area contributed by atoms with E-state index in [0.29, 0.717) is 19.1 Å². The van der Waals surface area contributed by atoms with Gasteiger partial charge in [-0.05, 0) is 60.2 Å². The van der Waals surface area contributed by atoms with Crippen LogP contribution in [0.1, 0.15) is 12.8 Å². The minimum absolute atomic E-state index is 0. The molecule has 1 saturated heterocycles. The summed E-state index contributed by atoms with van der Waals surface area (Å²) >= 11 is 2.24. The van der Waals surface area contributed by atoms with E-state index in [1.54, 1.807) is 0 Å². The molecule has 0 aromatic heterocycles. The molecular weight excluding hydrogens is 399 g/mol. The van der Waals surface area contributed by atoms with Crippen LogP contribution in [-0.4, -0.2) is 37.6 Å². The van der Waals surface area contributed by atoms with E-state index in [-0.39, 0.29) is 19.0 Å². The zero-order valence-electron chi connectivity index (χ0n) is 11.1. The maximum Gasteiger partial charge on any atom is 0.251 e. The number of rotatable bonds is 5. The van der Waals surface area contributed by atoms with Gasteiger partial charge in [0.15, 0.2) is 0 Å². The first kappa shape index (κ1) is 17.9. The molecule has 2 nitrogen and oxygen atoms in total. The number of ether oxygens (including phenoxy) is 1. The largest absolute Gasteiger partial charge is 0.493 e. The molecule has 0 spiro atoms. The van der Waals surface area contributed by atoms with Crippen molar-refractivity contribution in [3.63, 3.8) is 0 Å². The van der Waals surface area contributed by atoms with E-state index in [1.165, 1.54) is 0 Å². The molecule has 0 N–H and O–H groups in total. The molecule has 1 fully saturated rings. The van der Waals surface area contributed by atoms with Crippen LogP contribution in [0.15, 0.2) is 24.3 Å². The van der Waals surface area contributed by atoms with Crippen LogP contribution in [-0.2, 0) is 0 Å². The van der Waals surface area contributed by atoms with Gasteiger partial charge in [-0.2, -0.15) is 0 Å². The summed E-state index contributed by atoms with van der Waals surface area (Å²) in [4.78, 5) is 1.84. The molecule has 1 atom stereocenters. The highest BCUT2D eigenvalue weighted by molar-refractivity contribution is 14.1. The highest BCUT2D eigenvalue weighted by atomic mass is 127. The van der Waals surface area contributed by atoms with E-state index >= 15 is 0 Å². The van der Waals surface area contributed by atoms with Crippen LogP contribution in [0.25, 0.3) is 0 Å². The summed E-state index contributed by atoms with van der Waals surface area (Å²) in [5, 5.41) is 0. The van der Waals surface area contributed by atoms with Crippen LogP contribution in [0.2, 0.25) is 0 Å². The Morgan fingerprint density at radius 2 is 2.20 bits per heavy atom. The van der Waals surface area contributed by atoms with Crippen molar-refractivity contribution in [2.24, 2.45) is 5.92 Å². The number of halogens is 4. The first-order valence-corrected chi connectivity index (χ1v) is 7.60. The van der Waals surface area contributed by atoms with E-state index in [9.17, 15) is 8.78 Å². The normalized spacial score (nSPS) is 19.7. The number of likely N-dealkylation sites (tertiary alicyclic amines) is 1. The predicted molar refractivity (Wildman–Crippen MR) is 87.1 cm³/mol. The first-order valence-electron chi connectivity index (χ1n) is 6.52. The lowest BCUT2D eigenvalue weighted by molar-refractivity contribution is 0.0552. The number of hydrogen-bond donors (Lipinski definition) is 0. The smallest absolute Gasteiger partial charge is 0.251 e. The van der Waals surface area contributed by atoms with Crippen molar-refractivity contribution in [3.05, 3.63) is 27.8 Å². The van der Waals surface area contributed by atoms with E-state index in [1.807, 2.05) is 29.2 Å². The molecule has 0 amide bonds. The third kappa shape index (κ3) is 6.10. The summed E-state index contributed by atoms with van der Waals surface area (Å²) in [5.74, 6) is 1.21. The van der Waals surface area contributed by atoms with Gasteiger partial charge in [0, 0.05) is 16.0 Å². The maximum absolute atomic E-state index is 12.4. The van der Waals surface area contributed by atoms with Crippen molar-refractivity contribution in [2.75, 3.05) is 26.2 Å². The van der Waals surface area contributed by atoms with Crippen LogP contribution in [0.5, 0.6) is 5.75 Å². The summed E-state index contributed by atoms with van der Waals surface area (Å²) in [6.45, 7) is 2.00. The molecular formula is C14H19ClF2INO. The molecule has 1 aromatic rings. The van der Waals surface area contributed by atoms with Gasteiger partial charge in [-0.1, -0.05) is 6.07 Å². The standard InChI is InChI=1S/C14H18F2INO.ClH/c15-14(16)9-18-6-2-3-11(8-18)10-19-13-5-1-4-12(17)7-13;/h1,4-5,7,11,14H,2-3,6,8-10H2;1H. The second-order valence-electron chi connectivity index (χ2n) is 4.93. The fourth-order valence-electron chi connectivity index (χ4n) is 2.42. The third-order valence-corrected chi connectivity index (χ3v) is 3.95. The van der Waals surface area contributed by atoms with Gasteiger partial charge in [0.25, 0.3) is 6.43 Å². The molecule has 0 radical (unpaired) electrons. The Bertz CT molecular complexity index is 409. The van der Waals surface area contributed by atoms with E-state index in [4.69, 9.17) is 4.74 Å². The van der Waals surface area contributed by atoms with Gasteiger partial charge in [0.05, 0.1) is 13.2 Å². The van der Waals surface area contributed by atoms with E-state index in [2.05, 4.69) is 22.6 Å².